The molecule has 0 aromatic heterocycles. The Kier molecular flexibility index (Phi) is 5.15. The first kappa shape index (κ1) is 18.9. The molecule has 0 saturated carbocycles. The normalized spacial score (nSPS) is 11.2. The molecule has 0 radical (unpaired) electrons. The smallest absolute Gasteiger partial charge is 0.255 e. The van der Waals surface area contributed by atoms with Crippen molar-refractivity contribution in [2.75, 3.05) is 11.6 Å². The molecular formula is C16H14ClFN2O4S. The van der Waals surface area contributed by atoms with Gasteiger partial charge in [-0.1, -0.05) is 11.6 Å². The minimum absolute atomic E-state index is 0.00844. The minimum Gasteiger partial charge on any atom is -0.366 e. The lowest BCUT2D eigenvalue weighted by Gasteiger charge is -2.12. The van der Waals surface area contributed by atoms with Crippen molar-refractivity contribution in [3.63, 3.8) is 0 Å². The number of hydrogen-bond donors (Lipinski definition) is 2. The van der Waals surface area contributed by atoms with E-state index in [2.05, 4.69) is 5.32 Å². The standard InChI is InChI=1S/C16H14ClFN2O4S/c1-8-12(18)5-10(15(19)21)6-13(8)20-16(22)9-3-4-11(17)14(7-9)25(2,23)24/h3-7H,1-2H3,(H2,19,21)(H,20,22). The molecule has 0 aliphatic carbocycles. The molecule has 2 amide bonds. The van der Waals surface area contributed by atoms with Gasteiger partial charge in [0.15, 0.2) is 9.84 Å². The van der Waals surface area contributed by atoms with Crippen LogP contribution in [0.25, 0.3) is 0 Å². The number of anilines is 1. The molecule has 25 heavy (non-hydrogen) atoms. The number of carbonyl (C=O) groups is 2. The molecule has 0 saturated heterocycles. The minimum atomic E-state index is -3.63. The summed E-state index contributed by atoms with van der Waals surface area (Å²) >= 11 is 5.84. The van der Waals surface area contributed by atoms with E-state index in [0.717, 1.165) is 18.4 Å². The maximum absolute atomic E-state index is 13.9. The number of halogens is 2. The van der Waals surface area contributed by atoms with Gasteiger partial charge < -0.3 is 11.1 Å². The molecule has 0 spiro atoms. The quantitative estimate of drug-likeness (QED) is 0.844. The number of nitrogens with two attached hydrogens (primary N) is 1. The zero-order valence-electron chi connectivity index (χ0n) is 13.3. The molecule has 132 valence electrons. The van der Waals surface area contributed by atoms with Crippen molar-refractivity contribution in [1.82, 2.24) is 0 Å². The lowest BCUT2D eigenvalue weighted by atomic mass is 10.1. The van der Waals surface area contributed by atoms with Gasteiger partial charge in [-0.15, -0.1) is 0 Å². The zero-order valence-corrected chi connectivity index (χ0v) is 14.8. The number of hydrogen-bond acceptors (Lipinski definition) is 4. The van der Waals surface area contributed by atoms with Crippen molar-refractivity contribution in [3.05, 3.63) is 57.9 Å². The van der Waals surface area contributed by atoms with Gasteiger partial charge in [-0.05, 0) is 37.3 Å². The fourth-order valence-corrected chi connectivity index (χ4v) is 3.38. The monoisotopic (exact) mass is 384 g/mol. The number of amides is 2. The number of primary amides is 1. The molecule has 0 bridgehead atoms. The second-order valence-corrected chi connectivity index (χ2v) is 7.76. The van der Waals surface area contributed by atoms with Gasteiger partial charge >= 0.3 is 0 Å². The maximum atomic E-state index is 13.9. The highest BCUT2D eigenvalue weighted by atomic mass is 35.5. The second-order valence-electron chi connectivity index (χ2n) is 5.37. The number of rotatable bonds is 4. The number of carbonyl (C=O) groups excluding carboxylic acids is 2. The molecule has 2 aromatic carbocycles. The predicted molar refractivity (Wildman–Crippen MR) is 92.2 cm³/mol. The third-order valence-corrected chi connectivity index (χ3v) is 5.05. The van der Waals surface area contributed by atoms with E-state index in [1.165, 1.54) is 25.1 Å². The van der Waals surface area contributed by atoms with Crippen LogP contribution in [-0.2, 0) is 9.84 Å². The van der Waals surface area contributed by atoms with Gasteiger partial charge in [-0.25, -0.2) is 12.8 Å². The zero-order chi connectivity index (χ0) is 18.9. The Morgan fingerprint density at radius 1 is 1.16 bits per heavy atom. The summed E-state index contributed by atoms with van der Waals surface area (Å²) in [6.07, 6.45) is 0.964. The summed E-state index contributed by atoms with van der Waals surface area (Å²) in [4.78, 5) is 23.4. The van der Waals surface area contributed by atoms with Crippen LogP contribution in [0.1, 0.15) is 26.3 Å². The highest BCUT2D eigenvalue weighted by Crippen LogP contribution is 2.25. The maximum Gasteiger partial charge on any atom is 0.255 e. The first-order chi connectivity index (χ1) is 11.5. The van der Waals surface area contributed by atoms with Gasteiger partial charge in [-0.3, -0.25) is 9.59 Å². The highest BCUT2D eigenvalue weighted by molar-refractivity contribution is 7.90. The summed E-state index contributed by atoms with van der Waals surface area (Å²) in [5, 5.41) is 2.42. The molecule has 0 aliphatic heterocycles. The van der Waals surface area contributed by atoms with Gasteiger partial charge in [-0.2, -0.15) is 0 Å². The Bertz CT molecular complexity index is 990. The third-order valence-electron chi connectivity index (χ3n) is 3.47. The summed E-state index contributed by atoms with van der Waals surface area (Å²) in [5.74, 6) is -2.24. The van der Waals surface area contributed by atoms with Crippen LogP contribution in [0.5, 0.6) is 0 Å². The van der Waals surface area contributed by atoms with Crippen LogP contribution in [-0.4, -0.2) is 26.5 Å². The molecule has 3 N–H and O–H groups in total. The lowest BCUT2D eigenvalue weighted by molar-refractivity contribution is 0.0995. The fourth-order valence-electron chi connectivity index (χ4n) is 2.07. The molecular weight excluding hydrogens is 371 g/mol. The van der Waals surface area contributed by atoms with E-state index in [-0.39, 0.29) is 32.3 Å². The van der Waals surface area contributed by atoms with E-state index >= 15 is 0 Å². The SMILES string of the molecule is Cc1c(F)cc(C(N)=O)cc1NC(=O)c1ccc(Cl)c(S(C)(=O)=O)c1. The van der Waals surface area contributed by atoms with E-state index < -0.39 is 27.5 Å². The van der Waals surface area contributed by atoms with Crippen molar-refractivity contribution in [2.24, 2.45) is 5.73 Å². The largest absolute Gasteiger partial charge is 0.366 e. The Morgan fingerprint density at radius 2 is 1.80 bits per heavy atom. The molecule has 0 heterocycles. The molecule has 6 nitrogen and oxygen atoms in total. The van der Waals surface area contributed by atoms with Crippen LogP contribution < -0.4 is 11.1 Å². The predicted octanol–water partition coefficient (Wildman–Crippen LogP) is 2.54. The van der Waals surface area contributed by atoms with Crippen molar-refractivity contribution < 1.29 is 22.4 Å². The van der Waals surface area contributed by atoms with Gasteiger partial charge in [0.05, 0.1) is 9.92 Å². The van der Waals surface area contributed by atoms with Crippen molar-refractivity contribution in [1.29, 1.82) is 0 Å². The molecule has 9 heteroatoms. The van der Waals surface area contributed by atoms with E-state index in [0.29, 0.717) is 0 Å². The molecule has 2 rings (SSSR count). The van der Waals surface area contributed by atoms with Gasteiger partial charge in [0.1, 0.15) is 5.82 Å². The van der Waals surface area contributed by atoms with Gasteiger partial charge in [0.2, 0.25) is 5.91 Å². The second kappa shape index (κ2) is 6.81. The summed E-state index contributed by atoms with van der Waals surface area (Å²) in [7, 11) is -3.63. The van der Waals surface area contributed by atoms with Gasteiger partial charge in [0, 0.05) is 28.6 Å². The average Bonchev–Trinajstić information content (AvgIpc) is 2.50. The summed E-state index contributed by atoms with van der Waals surface area (Å²) in [6, 6.07) is 5.94. The Balaban J connectivity index is 2.43. The molecule has 2 aromatic rings. The molecule has 0 unspecified atom stereocenters. The fraction of sp³-hybridized carbons (Fsp3) is 0.125. The average molecular weight is 385 g/mol. The van der Waals surface area contributed by atoms with Gasteiger partial charge in [0.25, 0.3) is 5.91 Å². The Morgan fingerprint density at radius 3 is 2.36 bits per heavy atom. The molecule has 0 atom stereocenters. The van der Waals surface area contributed by atoms with Crippen molar-refractivity contribution in [2.45, 2.75) is 11.8 Å². The number of nitrogens with one attached hydrogen (secondary N) is 1. The van der Waals surface area contributed by atoms with Crippen molar-refractivity contribution in [3.8, 4) is 0 Å². The molecule has 0 aliphatic rings. The van der Waals surface area contributed by atoms with Crippen molar-refractivity contribution >= 4 is 38.9 Å². The summed E-state index contributed by atoms with van der Waals surface area (Å²) < 4.78 is 37.2. The topological polar surface area (TPSA) is 106 Å². The lowest BCUT2D eigenvalue weighted by Crippen LogP contribution is -2.16. The van der Waals surface area contributed by atoms with Crippen LogP contribution in [0.3, 0.4) is 0 Å². The van der Waals surface area contributed by atoms with E-state index in [9.17, 15) is 22.4 Å². The van der Waals surface area contributed by atoms with Crippen LogP contribution in [0.2, 0.25) is 5.02 Å². The number of sulfone groups is 1. The van der Waals surface area contributed by atoms with Crippen LogP contribution in [0.15, 0.2) is 35.2 Å². The summed E-state index contributed by atoms with van der Waals surface area (Å²) in [6.45, 7) is 1.42. The highest BCUT2D eigenvalue weighted by Gasteiger charge is 2.18. The Hall–Kier alpha value is -2.45. The molecule has 0 fully saturated rings. The third kappa shape index (κ3) is 4.15. The Labute approximate surface area is 148 Å². The van der Waals surface area contributed by atoms with Crippen LogP contribution in [0.4, 0.5) is 10.1 Å². The first-order valence-corrected chi connectivity index (χ1v) is 9.18. The summed E-state index contributed by atoms with van der Waals surface area (Å²) in [5.41, 5.74) is 5.19. The van der Waals surface area contributed by atoms with Crippen LogP contribution in [0, 0.1) is 12.7 Å². The van der Waals surface area contributed by atoms with E-state index in [4.69, 9.17) is 17.3 Å². The van der Waals surface area contributed by atoms with Crippen LogP contribution >= 0.6 is 11.6 Å². The van der Waals surface area contributed by atoms with E-state index in [1.807, 2.05) is 0 Å². The number of benzene rings is 2. The first-order valence-electron chi connectivity index (χ1n) is 6.91. The van der Waals surface area contributed by atoms with E-state index in [1.54, 1.807) is 0 Å².